The molecule has 152 valence electrons. The molecule has 6 aromatic rings. The minimum absolute atomic E-state index is 0.700. The zero-order chi connectivity index (χ0) is 21.7. The molecule has 0 radical (unpaired) electrons. The second-order valence-corrected chi connectivity index (χ2v) is 8.36. The number of carbonyl (C=O) groups excluding carboxylic acids is 1. The number of rotatable bonds is 3. The van der Waals surface area contributed by atoms with Gasteiger partial charge in [-0.25, -0.2) is 0 Å². The monoisotopic (exact) mass is 411 g/mol. The van der Waals surface area contributed by atoms with Gasteiger partial charge in [-0.3, -0.25) is 4.79 Å². The van der Waals surface area contributed by atoms with Gasteiger partial charge in [-0.1, -0.05) is 72.3 Å². The van der Waals surface area contributed by atoms with Crippen LogP contribution in [0.3, 0.4) is 0 Å². The Morgan fingerprint density at radius 1 is 0.625 bits per heavy atom. The van der Waals surface area contributed by atoms with Gasteiger partial charge in [0.1, 0.15) is 6.29 Å². The number of para-hydroxylation sites is 1. The van der Waals surface area contributed by atoms with Crippen molar-refractivity contribution in [2.24, 2.45) is 0 Å². The number of carbonyl (C=O) groups is 1. The highest BCUT2D eigenvalue weighted by molar-refractivity contribution is 6.10. The number of hydrogen-bond acceptors (Lipinski definition) is 1. The van der Waals surface area contributed by atoms with Gasteiger partial charge in [0.05, 0.1) is 11.0 Å². The van der Waals surface area contributed by atoms with E-state index in [4.69, 9.17) is 0 Å². The fraction of sp³-hybridized carbons (Fsp3) is 0.0333. The van der Waals surface area contributed by atoms with Crippen molar-refractivity contribution >= 4 is 38.9 Å². The number of fused-ring (bicyclic) bond motifs is 4. The van der Waals surface area contributed by atoms with E-state index in [1.54, 1.807) is 0 Å². The molecule has 32 heavy (non-hydrogen) atoms. The van der Waals surface area contributed by atoms with Gasteiger partial charge in [0.2, 0.25) is 0 Å². The zero-order valence-corrected chi connectivity index (χ0v) is 17.7. The Hall–Kier alpha value is -4.17. The van der Waals surface area contributed by atoms with Crippen molar-refractivity contribution in [3.05, 3.63) is 114 Å². The summed E-state index contributed by atoms with van der Waals surface area (Å²) < 4.78 is 2.33. The maximum Gasteiger partial charge on any atom is 0.150 e. The van der Waals surface area contributed by atoms with Crippen molar-refractivity contribution in [3.63, 3.8) is 0 Å². The van der Waals surface area contributed by atoms with Crippen LogP contribution in [0.5, 0.6) is 0 Å². The fourth-order valence-electron chi connectivity index (χ4n) is 4.64. The van der Waals surface area contributed by atoms with Crippen LogP contribution < -0.4 is 0 Å². The molecule has 0 atom stereocenters. The standard InChI is InChI=1S/C30H21NO/c1-20-6-9-22(10-7-20)25-13-15-30-28(18-25)27-4-2-3-5-29(27)31(30)26-14-12-23-16-21(19-32)8-11-24(23)17-26/h2-19H,1H3. The molecule has 5 aromatic carbocycles. The Kier molecular flexibility index (Phi) is 4.19. The third kappa shape index (κ3) is 2.92. The minimum atomic E-state index is 0.700. The fourth-order valence-corrected chi connectivity index (χ4v) is 4.64. The highest BCUT2D eigenvalue weighted by Crippen LogP contribution is 2.35. The van der Waals surface area contributed by atoms with E-state index >= 15 is 0 Å². The van der Waals surface area contributed by atoms with Gasteiger partial charge in [0, 0.05) is 22.0 Å². The molecule has 1 heterocycles. The summed E-state index contributed by atoms with van der Waals surface area (Å²) in [7, 11) is 0. The molecule has 0 spiro atoms. The molecule has 0 bridgehead atoms. The smallest absolute Gasteiger partial charge is 0.150 e. The zero-order valence-electron chi connectivity index (χ0n) is 17.7. The molecule has 0 unspecified atom stereocenters. The van der Waals surface area contributed by atoms with Crippen LogP contribution in [-0.4, -0.2) is 10.9 Å². The van der Waals surface area contributed by atoms with E-state index in [0.717, 1.165) is 22.7 Å². The van der Waals surface area contributed by atoms with Gasteiger partial charge in [-0.15, -0.1) is 0 Å². The average Bonchev–Trinajstić information content (AvgIpc) is 3.17. The summed E-state index contributed by atoms with van der Waals surface area (Å²) in [4.78, 5) is 11.1. The maximum absolute atomic E-state index is 11.1. The van der Waals surface area contributed by atoms with Crippen molar-refractivity contribution in [2.75, 3.05) is 0 Å². The first kappa shape index (κ1) is 18.6. The van der Waals surface area contributed by atoms with Crippen molar-refractivity contribution in [3.8, 4) is 16.8 Å². The van der Waals surface area contributed by atoms with Gasteiger partial charge in [-0.05, 0) is 65.2 Å². The highest BCUT2D eigenvalue weighted by Gasteiger charge is 2.13. The Morgan fingerprint density at radius 2 is 1.34 bits per heavy atom. The number of benzene rings is 5. The van der Waals surface area contributed by atoms with Crippen LogP contribution in [-0.2, 0) is 0 Å². The molecule has 2 nitrogen and oxygen atoms in total. The number of aldehydes is 1. The van der Waals surface area contributed by atoms with E-state index < -0.39 is 0 Å². The first-order valence-electron chi connectivity index (χ1n) is 10.8. The van der Waals surface area contributed by atoms with Gasteiger partial charge < -0.3 is 4.57 Å². The van der Waals surface area contributed by atoms with Crippen LogP contribution in [0.1, 0.15) is 15.9 Å². The Morgan fingerprint density at radius 3 is 2.19 bits per heavy atom. The Balaban J connectivity index is 1.60. The van der Waals surface area contributed by atoms with Crippen molar-refractivity contribution in [1.82, 2.24) is 4.57 Å². The summed E-state index contributed by atoms with van der Waals surface area (Å²) in [6.45, 7) is 2.11. The summed E-state index contributed by atoms with van der Waals surface area (Å²) in [6, 6.07) is 36.3. The molecule has 1 aromatic heterocycles. The van der Waals surface area contributed by atoms with Gasteiger partial charge in [0.15, 0.2) is 0 Å². The molecule has 0 aliphatic carbocycles. The number of nitrogens with zero attached hydrogens (tertiary/aromatic N) is 1. The first-order valence-corrected chi connectivity index (χ1v) is 10.8. The van der Waals surface area contributed by atoms with E-state index in [9.17, 15) is 4.79 Å². The summed E-state index contributed by atoms with van der Waals surface area (Å²) in [5.74, 6) is 0. The molecule has 0 saturated heterocycles. The van der Waals surface area contributed by atoms with Crippen molar-refractivity contribution < 1.29 is 4.79 Å². The van der Waals surface area contributed by atoms with E-state index in [1.807, 2.05) is 18.2 Å². The average molecular weight is 412 g/mol. The normalized spacial score (nSPS) is 11.4. The molecule has 0 N–H and O–H groups in total. The Labute approximate surface area is 186 Å². The molecular weight excluding hydrogens is 390 g/mol. The summed E-state index contributed by atoms with van der Waals surface area (Å²) in [6.07, 6.45) is 0.895. The quantitative estimate of drug-likeness (QED) is 0.273. The third-order valence-corrected chi connectivity index (χ3v) is 6.30. The van der Waals surface area contributed by atoms with Crippen molar-refractivity contribution in [1.29, 1.82) is 0 Å². The first-order chi connectivity index (χ1) is 15.7. The lowest BCUT2D eigenvalue weighted by Gasteiger charge is -2.10. The minimum Gasteiger partial charge on any atom is -0.309 e. The van der Waals surface area contributed by atoms with E-state index in [-0.39, 0.29) is 0 Å². The molecule has 6 rings (SSSR count). The second-order valence-electron chi connectivity index (χ2n) is 8.36. The molecule has 0 aliphatic heterocycles. The lowest BCUT2D eigenvalue weighted by Crippen LogP contribution is -1.94. The lowest BCUT2D eigenvalue weighted by atomic mass is 10.0. The van der Waals surface area contributed by atoms with E-state index in [0.29, 0.717) is 5.56 Å². The van der Waals surface area contributed by atoms with E-state index in [2.05, 4.69) is 96.4 Å². The molecular formula is C30H21NO. The number of aromatic nitrogens is 1. The summed E-state index contributed by atoms with van der Waals surface area (Å²) >= 11 is 0. The molecule has 2 heteroatoms. The third-order valence-electron chi connectivity index (χ3n) is 6.30. The van der Waals surface area contributed by atoms with Crippen molar-refractivity contribution in [2.45, 2.75) is 6.92 Å². The molecule has 0 saturated carbocycles. The largest absolute Gasteiger partial charge is 0.309 e. The molecule has 0 aliphatic rings. The van der Waals surface area contributed by atoms with Crippen LogP contribution in [0, 0.1) is 6.92 Å². The molecule has 0 amide bonds. The number of aryl methyl sites for hydroxylation is 1. The second kappa shape index (κ2) is 7.21. The summed E-state index contributed by atoms with van der Waals surface area (Å²) in [5.41, 5.74) is 7.91. The highest BCUT2D eigenvalue weighted by atomic mass is 16.1. The predicted molar refractivity (Wildman–Crippen MR) is 134 cm³/mol. The topological polar surface area (TPSA) is 22.0 Å². The van der Waals surface area contributed by atoms with Gasteiger partial charge >= 0.3 is 0 Å². The van der Waals surface area contributed by atoms with Crippen LogP contribution in [0.4, 0.5) is 0 Å². The lowest BCUT2D eigenvalue weighted by molar-refractivity contribution is 0.112. The van der Waals surface area contributed by atoms with Gasteiger partial charge in [0.25, 0.3) is 0 Å². The number of hydrogen-bond donors (Lipinski definition) is 0. The van der Waals surface area contributed by atoms with Gasteiger partial charge in [-0.2, -0.15) is 0 Å². The SMILES string of the molecule is Cc1ccc(-c2ccc3c(c2)c2ccccc2n3-c2ccc3cc(C=O)ccc3c2)cc1. The molecule has 0 fully saturated rings. The van der Waals surface area contributed by atoms with Crippen LogP contribution in [0.25, 0.3) is 49.4 Å². The summed E-state index contributed by atoms with van der Waals surface area (Å²) in [5, 5.41) is 4.68. The van der Waals surface area contributed by atoms with E-state index in [1.165, 1.54) is 38.5 Å². The van der Waals surface area contributed by atoms with Crippen LogP contribution >= 0.6 is 0 Å². The Bertz CT molecular complexity index is 1640. The van der Waals surface area contributed by atoms with Crippen LogP contribution in [0.15, 0.2) is 103 Å². The predicted octanol–water partition coefficient (Wildman–Crippen LogP) is 7.72. The maximum atomic E-state index is 11.1. The van der Waals surface area contributed by atoms with Crippen LogP contribution in [0.2, 0.25) is 0 Å².